The van der Waals surface area contributed by atoms with Gasteiger partial charge in [0.15, 0.2) is 0 Å². The molecule has 1 saturated heterocycles. The second-order valence-electron chi connectivity index (χ2n) is 6.43. The van der Waals surface area contributed by atoms with E-state index in [2.05, 4.69) is 11.0 Å². The van der Waals surface area contributed by atoms with Crippen molar-refractivity contribution in [2.24, 2.45) is 0 Å². The minimum absolute atomic E-state index is 0.0559. The van der Waals surface area contributed by atoms with Crippen molar-refractivity contribution in [2.75, 3.05) is 19.7 Å². The first kappa shape index (κ1) is 15.6. The Balaban J connectivity index is 1.91. The summed E-state index contributed by atoms with van der Waals surface area (Å²) in [6, 6.07) is 6.21. The summed E-state index contributed by atoms with van der Waals surface area (Å²) in [6.07, 6.45) is 7.29. The fraction of sp³-hybridized carbons (Fsp3) is 0.647. The van der Waals surface area contributed by atoms with Crippen LogP contribution in [-0.2, 0) is 5.41 Å². The molecule has 1 aromatic carbocycles. The summed E-state index contributed by atoms with van der Waals surface area (Å²) >= 11 is 12.3. The monoisotopic (exact) mass is 327 g/mol. The molecule has 2 aliphatic rings. The summed E-state index contributed by atoms with van der Waals surface area (Å²) in [4.78, 5) is 2.49. The van der Waals surface area contributed by atoms with E-state index in [1.165, 1.54) is 31.2 Å². The van der Waals surface area contributed by atoms with Gasteiger partial charge >= 0.3 is 0 Å². The Morgan fingerprint density at radius 2 is 1.76 bits per heavy atom. The molecule has 1 unspecified atom stereocenters. The van der Waals surface area contributed by atoms with Gasteiger partial charge in [0.05, 0.1) is 16.7 Å². The molecule has 0 radical (unpaired) electrons. The molecule has 2 fully saturated rings. The number of nitrogens with zero attached hydrogens (tertiary/aromatic N) is 1. The number of piperidine rings is 1. The Morgan fingerprint density at radius 1 is 1.05 bits per heavy atom. The van der Waals surface area contributed by atoms with Gasteiger partial charge in [-0.2, -0.15) is 0 Å². The highest BCUT2D eigenvalue weighted by Gasteiger charge is 2.47. The van der Waals surface area contributed by atoms with E-state index in [1.54, 1.807) is 0 Å². The fourth-order valence-electron chi connectivity index (χ4n) is 4.05. The number of aliphatic hydroxyl groups excluding tert-OH is 1. The maximum atomic E-state index is 10.1. The number of hydrogen-bond acceptors (Lipinski definition) is 2. The summed E-state index contributed by atoms with van der Waals surface area (Å²) in [5.74, 6) is 0. The number of halogens is 2. The second kappa shape index (κ2) is 6.45. The van der Waals surface area contributed by atoms with Crippen molar-refractivity contribution in [1.82, 2.24) is 4.90 Å². The first-order valence-electron chi connectivity index (χ1n) is 7.98. The molecule has 3 rings (SSSR count). The molecule has 1 aromatic rings. The third-order valence-electron chi connectivity index (χ3n) is 5.38. The molecule has 21 heavy (non-hydrogen) atoms. The molecule has 2 nitrogen and oxygen atoms in total. The van der Waals surface area contributed by atoms with Gasteiger partial charge in [0.1, 0.15) is 0 Å². The largest absolute Gasteiger partial charge is 0.395 e. The van der Waals surface area contributed by atoms with Crippen LogP contribution in [0.4, 0.5) is 0 Å². The lowest BCUT2D eigenvalue weighted by atomic mass is 9.59. The minimum Gasteiger partial charge on any atom is -0.395 e. The van der Waals surface area contributed by atoms with Crippen molar-refractivity contribution >= 4 is 23.2 Å². The average Bonchev–Trinajstić information content (AvgIpc) is 2.47. The van der Waals surface area contributed by atoms with Crippen LogP contribution < -0.4 is 0 Å². The maximum absolute atomic E-state index is 10.1. The molecule has 116 valence electrons. The van der Waals surface area contributed by atoms with Crippen molar-refractivity contribution < 1.29 is 5.11 Å². The van der Waals surface area contributed by atoms with E-state index >= 15 is 0 Å². The number of hydrogen-bond donors (Lipinski definition) is 1. The van der Waals surface area contributed by atoms with Gasteiger partial charge in [0.2, 0.25) is 0 Å². The zero-order valence-electron chi connectivity index (χ0n) is 12.3. The van der Waals surface area contributed by atoms with Crippen LogP contribution in [0, 0.1) is 0 Å². The fourth-order valence-corrected chi connectivity index (χ4v) is 4.35. The average molecular weight is 328 g/mol. The van der Waals surface area contributed by atoms with Gasteiger partial charge in [-0.1, -0.05) is 42.1 Å². The predicted molar refractivity (Wildman–Crippen MR) is 88.3 cm³/mol. The highest BCUT2D eigenvalue weighted by Crippen LogP contribution is 2.49. The Morgan fingerprint density at radius 3 is 2.29 bits per heavy atom. The lowest BCUT2D eigenvalue weighted by molar-refractivity contribution is 0.0119. The number of aliphatic hydroxyl groups is 1. The van der Waals surface area contributed by atoms with E-state index in [-0.39, 0.29) is 18.1 Å². The molecule has 1 saturated carbocycles. The number of likely N-dealkylation sites (tertiary alicyclic amines) is 1. The SMILES string of the molecule is OCC(N1CCCCC1)C1(c2ccc(Cl)c(Cl)c2)CCC1. The van der Waals surface area contributed by atoms with E-state index < -0.39 is 0 Å². The van der Waals surface area contributed by atoms with E-state index in [0.29, 0.717) is 10.0 Å². The zero-order valence-corrected chi connectivity index (χ0v) is 13.8. The van der Waals surface area contributed by atoms with Crippen molar-refractivity contribution in [3.8, 4) is 0 Å². The topological polar surface area (TPSA) is 23.5 Å². The minimum atomic E-state index is 0.0559. The molecule has 0 bridgehead atoms. The van der Waals surface area contributed by atoms with Crippen LogP contribution in [0.25, 0.3) is 0 Å². The lowest BCUT2D eigenvalue weighted by Crippen LogP contribution is -2.57. The standard InChI is InChI=1S/C17H23Cl2NO/c18-14-6-5-13(11-15(14)19)17(7-4-8-17)16(12-21)20-9-2-1-3-10-20/h5-6,11,16,21H,1-4,7-10,12H2. The molecule has 0 amide bonds. The summed E-state index contributed by atoms with van der Waals surface area (Å²) < 4.78 is 0. The summed E-state index contributed by atoms with van der Waals surface area (Å²) in [5, 5.41) is 11.3. The van der Waals surface area contributed by atoms with Gasteiger partial charge in [-0.05, 0) is 56.5 Å². The van der Waals surface area contributed by atoms with Crippen LogP contribution in [-0.4, -0.2) is 35.7 Å². The van der Waals surface area contributed by atoms with Crippen LogP contribution in [0.3, 0.4) is 0 Å². The Hall–Kier alpha value is -0.280. The predicted octanol–water partition coefficient (Wildman–Crippen LogP) is 4.26. The summed E-state index contributed by atoms with van der Waals surface area (Å²) in [5.41, 5.74) is 1.30. The van der Waals surface area contributed by atoms with Gasteiger partial charge in [0, 0.05) is 11.5 Å². The molecule has 1 atom stereocenters. The lowest BCUT2D eigenvalue weighted by Gasteiger charge is -2.52. The first-order valence-corrected chi connectivity index (χ1v) is 8.73. The van der Waals surface area contributed by atoms with E-state index in [1.807, 2.05) is 12.1 Å². The normalized spacial score (nSPS) is 23.6. The third-order valence-corrected chi connectivity index (χ3v) is 6.12. The highest BCUT2D eigenvalue weighted by molar-refractivity contribution is 6.42. The summed E-state index contributed by atoms with van der Waals surface area (Å²) in [6.45, 7) is 2.43. The molecular weight excluding hydrogens is 305 g/mol. The van der Waals surface area contributed by atoms with Crippen molar-refractivity contribution in [3.63, 3.8) is 0 Å². The molecule has 1 N–H and O–H groups in total. The van der Waals surface area contributed by atoms with Crippen LogP contribution >= 0.6 is 23.2 Å². The van der Waals surface area contributed by atoms with E-state index in [4.69, 9.17) is 23.2 Å². The van der Waals surface area contributed by atoms with Crippen LogP contribution in [0.15, 0.2) is 18.2 Å². The number of rotatable bonds is 4. The van der Waals surface area contributed by atoms with Crippen LogP contribution in [0.1, 0.15) is 44.1 Å². The maximum Gasteiger partial charge on any atom is 0.0595 e. The van der Waals surface area contributed by atoms with Gasteiger partial charge in [0.25, 0.3) is 0 Å². The second-order valence-corrected chi connectivity index (χ2v) is 7.25. The van der Waals surface area contributed by atoms with Gasteiger partial charge < -0.3 is 5.11 Å². The molecular formula is C17H23Cl2NO. The van der Waals surface area contributed by atoms with Gasteiger partial charge in [-0.15, -0.1) is 0 Å². The Bertz CT molecular complexity index is 496. The quantitative estimate of drug-likeness (QED) is 0.893. The van der Waals surface area contributed by atoms with Crippen molar-refractivity contribution in [2.45, 2.75) is 50.0 Å². The zero-order chi connectivity index (χ0) is 14.9. The molecule has 0 aromatic heterocycles. The Kier molecular flexibility index (Phi) is 4.80. The number of benzene rings is 1. The van der Waals surface area contributed by atoms with E-state index in [9.17, 15) is 5.11 Å². The smallest absolute Gasteiger partial charge is 0.0595 e. The Labute approximate surface area is 137 Å². The van der Waals surface area contributed by atoms with Crippen LogP contribution in [0.2, 0.25) is 10.0 Å². The molecule has 4 heteroatoms. The molecule has 0 spiro atoms. The van der Waals surface area contributed by atoms with E-state index in [0.717, 1.165) is 25.9 Å². The van der Waals surface area contributed by atoms with Gasteiger partial charge in [-0.3, -0.25) is 4.90 Å². The highest BCUT2D eigenvalue weighted by atomic mass is 35.5. The van der Waals surface area contributed by atoms with Crippen molar-refractivity contribution in [1.29, 1.82) is 0 Å². The van der Waals surface area contributed by atoms with Crippen molar-refractivity contribution in [3.05, 3.63) is 33.8 Å². The molecule has 1 aliphatic heterocycles. The first-order chi connectivity index (χ1) is 10.2. The third kappa shape index (κ3) is 2.84. The molecule has 1 heterocycles. The van der Waals surface area contributed by atoms with Crippen LogP contribution in [0.5, 0.6) is 0 Å². The molecule has 1 aliphatic carbocycles. The van der Waals surface area contributed by atoms with Gasteiger partial charge in [-0.25, -0.2) is 0 Å². The summed E-state index contributed by atoms with van der Waals surface area (Å²) in [7, 11) is 0.